The lowest BCUT2D eigenvalue weighted by molar-refractivity contribution is -0.116. The maximum absolute atomic E-state index is 13.5. The number of phenols is 1. The average Bonchev–Trinajstić information content (AvgIpc) is 2.66. The molecule has 1 aliphatic heterocycles. The quantitative estimate of drug-likeness (QED) is 0.758. The highest BCUT2D eigenvalue weighted by Gasteiger charge is 2.44. The molecule has 3 aromatic carbocycles. The van der Waals surface area contributed by atoms with Crippen LogP contribution in [0.15, 0.2) is 83.9 Å². The molecular formula is C22H17NO2. The van der Waals surface area contributed by atoms with Crippen LogP contribution in [0.3, 0.4) is 0 Å². The molecular weight excluding hydrogens is 310 g/mol. The Kier molecular flexibility index (Phi) is 3.50. The number of rotatable bonds is 2. The zero-order valence-corrected chi connectivity index (χ0v) is 13.8. The van der Waals surface area contributed by atoms with Crippen molar-refractivity contribution in [2.75, 3.05) is 0 Å². The lowest BCUT2D eigenvalue weighted by Crippen LogP contribution is -2.41. The SMILES string of the molecule is C[C@@]1(c2ccccc2)C(=O)C(c2ccccc2)=Nc2c(O)cccc21. The van der Waals surface area contributed by atoms with Crippen molar-refractivity contribution in [3.05, 3.63) is 95.6 Å². The fourth-order valence-corrected chi connectivity index (χ4v) is 3.42. The molecule has 0 amide bonds. The van der Waals surface area contributed by atoms with Crippen LogP contribution in [0.4, 0.5) is 5.69 Å². The highest BCUT2D eigenvalue weighted by Crippen LogP contribution is 2.46. The average molecular weight is 327 g/mol. The summed E-state index contributed by atoms with van der Waals surface area (Å²) in [6.45, 7) is 1.90. The molecule has 1 N–H and O–H groups in total. The minimum atomic E-state index is -0.901. The maximum Gasteiger partial charge on any atom is 0.196 e. The molecule has 1 heterocycles. The Labute approximate surface area is 146 Å². The van der Waals surface area contributed by atoms with Gasteiger partial charge in [-0.25, -0.2) is 4.99 Å². The molecule has 0 saturated heterocycles. The Morgan fingerprint density at radius 2 is 1.48 bits per heavy atom. The van der Waals surface area contributed by atoms with E-state index in [9.17, 15) is 9.90 Å². The molecule has 4 rings (SSSR count). The van der Waals surface area contributed by atoms with E-state index in [4.69, 9.17) is 0 Å². The van der Waals surface area contributed by atoms with Crippen molar-refractivity contribution in [3.8, 4) is 5.75 Å². The predicted octanol–water partition coefficient (Wildman–Crippen LogP) is 4.40. The number of nitrogens with zero attached hydrogens (tertiary/aromatic N) is 1. The van der Waals surface area contributed by atoms with E-state index < -0.39 is 5.41 Å². The zero-order valence-electron chi connectivity index (χ0n) is 13.8. The molecule has 0 aromatic heterocycles. The molecule has 0 unspecified atom stereocenters. The number of benzene rings is 3. The molecule has 0 aliphatic carbocycles. The molecule has 0 fully saturated rings. The van der Waals surface area contributed by atoms with Gasteiger partial charge in [0.25, 0.3) is 0 Å². The summed E-state index contributed by atoms with van der Waals surface area (Å²) in [5, 5.41) is 10.4. The highest BCUT2D eigenvalue weighted by atomic mass is 16.3. The lowest BCUT2D eigenvalue weighted by Gasteiger charge is -2.34. The molecule has 0 bridgehead atoms. The molecule has 3 nitrogen and oxygen atoms in total. The first-order chi connectivity index (χ1) is 12.1. The van der Waals surface area contributed by atoms with E-state index >= 15 is 0 Å². The number of ketones is 1. The van der Waals surface area contributed by atoms with Crippen LogP contribution in [-0.4, -0.2) is 16.6 Å². The normalized spacial score (nSPS) is 19.2. The van der Waals surface area contributed by atoms with E-state index in [1.165, 1.54) is 0 Å². The van der Waals surface area contributed by atoms with E-state index in [2.05, 4.69) is 4.99 Å². The van der Waals surface area contributed by atoms with Gasteiger partial charge >= 0.3 is 0 Å². The van der Waals surface area contributed by atoms with Gasteiger partial charge in [0, 0.05) is 5.56 Å². The molecule has 122 valence electrons. The maximum atomic E-state index is 13.5. The minimum Gasteiger partial charge on any atom is -0.506 e. The number of fused-ring (bicyclic) bond motifs is 1. The van der Waals surface area contributed by atoms with Crippen molar-refractivity contribution in [3.63, 3.8) is 0 Å². The summed E-state index contributed by atoms with van der Waals surface area (Å²) in [7, 11) is 0. The third-order valence-electron chi connectivity index (χ3n) is 4.84. The number of aliphatic imine (C=N–C) groups is 1. The van der Waals surface area contributed by atoms with Crippen molar-refractivity contribution in [1.29, 1.82) is 0 Å². The number of hydrogen-bond acceptors (Lipinski definition) is 3. The van der Waals surface area contributed by atoms with Crippen molar-refractivity contribution in [1.82, 2.24) is 0 Å². The Balaban J connectivity index is 2.03. The monoisotopic (exact) mass is 327 g/mol. The van der Waals surface area contributed by atoms with Gasteiger partial charge in [-0.1, -0.05) is 72.8 Å². The fourth-order valence-electron chi connectivity index (χ4n) is 3.42. The van der Waals surface area contributed by atoms with E-state index in [0.717, 1.165) is 16.7 Å². The topological polar surface area (TPSA) is 49.7 Å². The number of carbonyl (C=O) groups excluding carboxylic acids is 1. The second-order valence-electron chi connectivity index (χ2n) is 6.32. The highest BCUT2D eigenvalue weighted by molar-refractivity contribution is 6.51. The van der Waals surface area contributed by atoms with Crippen molar-refractivity contribution < 1.29 is 9.90 Å². The van der Waals surface area contributed by atoms with Crippen LogP contribution in [0.1, 0.15) is 23.6 Å². The minimum absolute atomic E-state index is 0.0667. The second-order valence-corrected chi connectivity index (χ2v) is 6.32. The number of Topliss-reactive ketones (excluding diaryl/α,β-unsaturated/α-hetero) is 1. The van der Waals surface area contributed by atoms with Crippen LogP contribution in [-0.2, 0) is 10.2 Å². The third kappa shape index (κ3) is 2.28. The van der Waals surface area contributed by atoms with Gasteiger partial charge in [0.15, 0.2) is 5.78 Å². The van der Waals surface area contributed by atoms with Gasteiger partial charge < -0.3 is 5.11 Å². The lowest BCUT2D eigenvalue weighted by atomic mass is 9.69. The van der Waals surface area contributed by atoms with E-state index in [-0.39, 0.29) is 11.5 Å². The Hall–Kier alpha value is -3.20. The number of para-hydroxylation sites is 1. The van der Waals surface area contributed by atoms with Crippen LogP contribution < -0.4 is 0 Å². The van der Waals surface area contributed by atoms with Gasteiger partial charge in [0.05, 0.1) is 5.41 Å². The van der Waals surface area contributed by atoms with Crippen LogP contribution in [0, 0.1) is 0 Å². The summed E-state index contributed by atoms with van der Waals surface area (Å²) in [5.41, 5.74) is 2.30. The first-order valence-electron chi connectivity index (χ1n) is 8.19. The van der Waals surface area contributed by atoms with Crippen LogP contribution in [0.5, 0.6) is 5.75 Å². The van der Waals surface area contributed by atoms with Crippen LogP contribution in [0.2, 0.25) is 0 Å². The molecule has 25 heavy (non-hydrogen) atoms. The third-order valence-corrected chi connectivity index (χ3v) is 4.84. The fraction of sp³-hybridized carbons (Fsp3) is 0.0909. The summed E-state index contributed by atoms with van der Waals surface area (Å²) in [6.07, 6.45) is 0. The molecule has 3 heteroatoms. The summed E-state index contributed by atoms with van der Waals surface area (Å²) >= 11 is 0. The second kappa shape index (κ2) is 5.71. The van der Waals surface area contributed by atoms with E-state index in [1.807, 2.05) is 73.7 Å². The van der Waals surface area contributed by atoms with Gasteiger partial charge in [-0.15, -0.1) is 0 Å². The summed E-state index contributed by atoms with van der Waals surface area (Å²) in [6, 6.07) is 24.3. The molecule has 0 spiro atoms. The number of phenolic OH excluding ortho intramolecular Hbond substituents is 1. The van der Waals surface area contributed by atoms with Gasteiger partial charge in [0.1, 0.15) is 17.1 Å². The first kappa shape index (κ1) is 15.3. The number of aromatic hydroxyl groups is 1. The van der Waals surface area contributed by atoms with Crippen LogP contribution >= 0.6 is 0 Å². The predicted molar refractivity (Wildman–Crippen MR) is 98.6 cm³/mol. The standard InChI is InChI=1S/C22H17NO2/c1-22(16-11-6-3-7-12-16)17-13-8-14-18(24)20(17)23-19(21(22)25)15-9-4-2-5-10-15/h2-14,24H,1H3/t22-/m0/s1. The Morgan fingerprint density at radius 1 is 0.840 bits per heavy atom. The molecule has 3 aromatic rings. The van der Waals surface area contributed by atoms with E-state index in [0.29, 0.717) is 11.4 Å². The largest absolute Gasteiger partial charge is 0.506 e. The van der Waals surface area contributed by atoms with Gasteiger partial charge in [-0.3, -0.25) is 4.79 Å². The van der Waals surface area contributed by atoms with Gasteiger partial charge in [-0.05, 0) is 24.1 Å². The molecule has 0 saturated carbocycles. The Bertz CT molecular complexity index is 977. The van der Waals surface area contributed by atoms with Gasteiger partial charge in [0.2, 0.25) is 0 Å². The molecule has 1 aliphatic rings. The smallest absolute Gasteiger partial charge is 0.196 e. The van der Waals surface area contributed by atoms with Gasteiger partial charge in [-0.2, -0.15) is 0 Å². The Morgan fingerprint density at radius 3 is 2.16 bits per heavy atom. The van der Waals surface area contributed by atoms with Crippen molar-refractivity contribution in [2.45, 2.75) is 12.3 Å². The van der Waals surface area contributed by atoms with Crippen molar-refractivity contribution in [2.24, 2.45) is 4.99 Å². The number of hydrogen-bond donors (Lipinski definition) is 1. The molecule has 1 atom stereocenters. The molecule has 0 radical (unpaired) electrons. The first-order valence-corrected chi connectivity index (χ1v) is 8.19. The van der Waals surface area contributed by atoms with Crippen molar-refractivity contribution >= 4 is 17.2 Å². The summed E-state index contributed by atoms with van der Waals surface area (Å²) in [5.74, 6) is 0.0172. The van der Waals surface area contributed by atoms with E-state index in [1.54, 1.807) is 12.1 Å². The summed E-state index contributed by atoms with van der Waals surface area (Å²) < 4.78 is 0. The zero-order chi connectivity index (χ0) is 17.4. The summed E-state index contributed by atoms with van der Waals surface area (Å²) in [4.78, 5) is 18.0. The van der Waals surface area contributed by atoms with Crippen LogP contribution in [0.25, 0.3) is 0 Å². The number of carbonyl (C=O) groups is 1.